The second-order valence-corrected chi connectivity index (χ2v) is 4.95. The van der Waals surface area contributed by atoms with Crippen LogP contribution in [0.2, 0.25) is 0 Å². The summed E-state index contributed by atoms with van der Waals surface area (Å²) in [6, 6.07) is 3.54. The van der Waals surface area contributed by atoms with Gasteiger partial charge in [-0.25, -0.2) is 0 Å². The molecule has 1 N–H and O–H groups in total. The van der Waals surface area contributed by atoms with E-state index in [0.717, 1.165) is 29.1 Å². The zero-order valence-corrected chi connectivity index (χ0v) is 11.8. The Morgan fingerprint density at radius 3 is 2.60 bits per heavy atom. The fourth-order valence-corrected chi connectivity index (χ4v) is 2.50. The Labute approximate surface area is 119 Å². The summed E-state index contributed by atoms with van der Waals surface area (Å²) in [5, 5.41) is 3.22. The van der Waals surface area contributed by atoms with Crippen LogP contribution >= 0.6 is 11.7 Å². The molecule has 0 amide bonds. The number of aryl methyl sites for hydroxylation is 1. The van der Waals surface area contributed by atoms with E-state index in [9.17, 15) is 13.2 Å². The average Bonchev–Trinajstić information content (AvgIpc) is 2.89. The minimum atomic E-state index is -4.32. The maximum atomic E-state index is 12.7. The van der Waals surface area contributed by atoms with Gasteiger partial charge in [-0.2, -0.15) is 21.9 Å². The first-order valence-electron chi connectivity index (χ1n) is 6.12. The molecule has 7 heteroatoms. The maximum absolute atomic E-state index is 12.7. The number of nitrogens with one attached hydrogen (secondary N) is 1. The molecule has 0 fully saturated rings. The van der Waals surface area contributed by atoms with Gasteiger partial charge in [0.15, 0.2) is 0 Å². The van der Waals surface area contributed by atoms with Crippen molar-refractivity contribution in [2.75, 3.05) is 6.54 Å². The van der Waals surface area contributed by atoms with Crippen LogP contribution in [0.15, 0.2) is 24.4 Å². The highest BCUT2D eigenvalue weighted by Gasteiger charge is 2.31. The van der Waals surface area contributed by atoms with E-state index in [1.54, 1.807) is 13.1 Å². The lowest BCUT2D eigenvalue weighted by Gasteiger charge is -2.19. The van der Waals surface area contributed by atoms with Crippen molar-refractivity contribution in [3.05, 3.63) is 46.8 Å². The third-order valence-corrected chi connectivity index (χ3v) is 3.48. The van der Waals surface area contributed by atoms with Crippen molar-refractivity contribution in [3.63, 3.8) is 0 Å². The predicted octanol–water partition coefficient (Wildman–Crippen LogP) is 3.56. The second kappa shape index (κ2) is 5.88. The van der Waals surface area contributed by atoms with Crippen molar-refractivity contribution >= 4 is 11.7 Å². The van der Waals surface area contributed by atoms with Crippen LogP contribution in [0.1, 0.15) is 35.3 Å². The summed E-state index contributed by atoms with van der Waals surface area (Å²) in [5.41, 5.74) is 1.46. The minimum absolute atomic E-state index is 0.235. The average molecular weight is 301 g/mol. The molecule has 3 nitrogen and oxygen atoms in total. The minimum Gasteiger partial charge on any atom is -0.305 e. The van der Waals surface area contributed by atoms with Gasteiger partial charge in [0.2, 0.25) is 0 Å². The van der Waals surface area contributed by atoms with Crippen molar-refractivity contribution in [1.82, 2.24) is 14.1 Å². The van der Waals surface area contributed by atoms with Crippen LogP contribution in [0.25, 0.3) is 0 Å². The highest BCUT2D eigenvalue weighted by Crippen LogP contribution is 2.32. The smallest absolute Gasteiger partial charge is 0.305 e. The van der Waals surface area contributed by atoms with Crippen LogP contribution < -0.4 is 5.32 Å². The van der Waals surface area contributed by atoms with Crippen molar-refractivity contribution in [3.8, 4) is 0 Å². The molecule has 0 radical (unpaired) electrons. The van der Waals surface area contributed by atoms with E-state index in [2.05, 4.69) is 14.1 Å². The van der Waals surface area contributed by atoms with Gasteiger partial charge in [-0.15, -0.1) is 0 Å². The normalized spacial score (nSPS) is 13.4. The Balaban J connectivity index is 2.40. The van der Waals surface area contributed by atoms with E-state index >= 15 is 0 Å². The standard InChI is InChI=1S/C13H14F3N3S/c1-3-17-12(11-7-18-20-19-11)10-5-4-9(6-8(10)2)13(14,15)16/h4-7,12,17H,3H2,1-2H3. The van der Waals surface area contributed by atoms with Crippen molar-refractivity contribution in [2.24, 2.45) is 0 Å². The number of hydrogen-bond acceptors (Lipinski definition) is 4. The molecule has 0 aliphatic rings. The first-order valence-corrected chi connectivity index (χ1v) is 6.85. The SMILES string of the molecule is CCNC(c1cnsn1)c1ccc(C(F)(F)F)cc1C. The molecular formula is C13H14F3N3S. The molecule has 0 aliphatic heterocycles. The molecule has 108 valence electrons. The van der Waals surface area contributed by atoms with Gasteiger partial charge in [0, 0.05) is 0 Å². The molecule has 2 rings (SSSR count). The van der Waals surface area contributed by atoms with Gasteiger partial charge in [-0.3, -0.25) is 0 Å². The number of aromatic nitrogens is 2. The predicted molar refractivity (Wildman–Crippen MR) is 71.6 cm³/mol. The van der Waals surface area contributed by atoms with Gasteiger partial charge in [-0.05, 0) is 36.7 Å². The van der Waals surface area contributed by atoms with E-state index in [0.29, 0.717) is 12.1 Å². The Morgan fingerprint density at radius 1 is 1.35 bits per heavy atom. The molecule has 0 spiro atoms. The molecule has 0 aliphatic carbocycles. The molecule has 20 heavy (non-hydrogen) atoms. The van der Waals surface area contributed by atoms with Crippen molar-refractivity contribution in [1.29, 1.82) is 0 Å². The second-order valence-electron chi connectivity index (χ2n) is 4.39. The number of alkyl halides is 3. The van der Waals surface area contributed by atoms with E-state index in [1.807, 2.05) is 6.92 Å². The van der Waals surface area contributed by atoms with Crippen LogP contribution in [0.5, 0.6) is 0 Å². The number of halogens is 3. The summed E-state index contributed by atoms with van der Waals surface area (Å²) in [6.45, 7) is 4.30. The highest BCUT2D eigenvalue weighted by atomic mass is 32.1. The Morgan fingerprint density at radius 2 is 2.10 bits per heavy atom. The van der Waals surface area contributed by atoms with Crippen LogP contribution in [0, 0.1) is 6.92 Å². The van der Waals surface area contributed by atoms with Gasteiger partial charge in [0.25, 0.3) is 0 Å². The monoisotopic (exact) mass is 301 g/mol. The van der Waals surface area contributed by atoms with Crippen molar-refractivity contribution in [2.45, 2.75) is 26.1 Å². The largest absolute Gasteiger partial charge is 0.416 e. The number of nitrogens with zero attached hydrogens (tertiary/aromatic N) is 2. The summed E-state index contributed by atoms with van der Waals surface area (Å²) in [4.78, 5) is 0. The van der Waals surface area contributed by atoms with E-state index in [4.69, 9.17) is 0 Å². The van der Waals surface area contributed by atoms with Gasteiger partial charge in [-0.1, -0.05) is 13.0 Å². The summed E-state index contributed by atoms with van der Waals surface area (Å²) >= 11 is 1.08. The van der Waals surface area contributed by atoms with Gasteiger partial charge in [0.05, 0.1) is 35.2 Å². The summed E-state index contributed by atoms with van der Waals surface area (Å²) < 4.78 is 46.2. The Bertz CT molecular complexity index is 567. The van der Waals surface area contributed by atoms with Crippen LogP contribution in [-0.2, 0) is 6.18 Å². The van der Waals surface area contributed by atoms with Gasteiger partial charge < -0.3 is 5.32 Å². The summed E-state index contributed by atoms with van der Waals surface area (Å²) in [6.07, 6.45) is -2.69. The zero-order valence-electron chi connectivity index (χ0n) is 11.0. The number of benzene rings is 1. The molecular weight excluding hydrogens is 287 g/mol. The molecule has 1 unspecified atom stereocenters. The lowest BCUT2D eigenvalue weighted by Crippen LogP contribution is -2.23. The fraction of sp³-hybridized carbons (Fsp3) is 0.385. The lowest BCUT2D eigenvalue weighted by molar-refractivity contribution is -0.137. The van der Waals surface area contributed by atoms with Crippen molar-refractivity contribution < 1.29 is 13.2 Å². The molecule has 2 aromatic rings. The first-order chi connectivity index (χ1) is 9.43. The topological polar surface area (TPSA) is 37.8 Å². The molecule has 1 atom stereocenters. The highest BCUT2D eigenvalue weighted by molar-refractivity contribution is 6.99. The Hall–Kier alpha value is -1.47. The molecule has 1 heterocycles. The quantitative estimate of drug-likeness (QED) is 0.938. The Kier molecular flexibility index (Phi) is 4.39. The summed E-state index contributed by atoms with van der Waals surface area (Å²) in [5.74, 6) is 0. The lowest BCUT2D eigenvalue weighted by atomic mass is 9.97. The zero-order chi connectivity index (χ0) is 14.8. The van der Waals surface area contributed by atoms with Crippen LogP contribution in [0.4, 0.5) is 13.2 Å². The maximum Gasteiger partial charge on any atom is 0.416 e. The van der Waals surface area contributed by atoms with E-state index in [1.165, 1.54) is 12.1 Å². The third-order valence-electron chi connectivity index (χ3n) is 2.99. The summed E-state index contributed by atoms with van der Waals surface area (Å²) in [7, 11) is 0. The van der Waals surface area contributed by atoms with Crippen LogP contribution in [-0.4, -0.2) is 15.3 Å². The van der Waals surface area contributed by atoms with E-state index in [-0.39, 0.29) is 6.04 Å². The first kappa shape index (κ1) is 14.9. The van der Waals surface area contributed by atoms with Gasteiger partial charge >= 0.3 is 6.18 Å². The third kappa shape index (κ3) is 3.16. The van der Waals surface area contributed by atoms with E-state index < -0.39 is 11.7 Å². The molecule has 0 bridgehead atoms. The molecule has 1 aromatic heterocycles. The molecule has 0 saturated carbocycles. The molecule has 1 aromatic carbocycles. The van der Waals surface area contributed by atoms with Crippen LogP contribution in [0.3, 0.4) is 0 Å². The molecule has 0 saturated heterocycles. The number of rotatable bonds is 4. The van der Waals surface area contributed by atoms with Gasteiger partial charge in [0.1, 0.15) is 0 Å². The fourth-order valence-electron chi connectivity index (χ4n) is 2.05. The number of hydrogen-bond donors (Lipinski definition) is 1.